The van der Waals surface area contributed by atoms with Gasteiger partial charge in [-0.1, -0.05) is 0 Å². The largest absolute Gasteiger partial charge is 0.477 e. The summed E-state index contributed by atoms with van der Waals surface area (Å²) in [5.41, 5.74) is 0. The third-order valence-electron chi connectivity index (χ3n) is 1.98. The summed E-state index contributed by atoms with van der Waals surface area (Å²) in [6.07, 6.45) is 1.45. The topological polar surface area (TPSA) is 46.5 Å². The van der Waals surface area contributed by atoms with E-state index in [1.165, 1.54) is 0 Å². The molecule has 0 unspecified atom stereocenters. The molecule has 1 aliphatic rings. The molecule has 3 nitrogen and oxygen atoms in total. The number of carbonyl (C=O) groups is 1. The average Bonchev–Trinajstić information content (AvgIpc) is 2.16. The molecule has 6 heteroatoms. The van der Waals surface area contributed by atoms with Crippen LogP contribution in [0, 0.1) is 0 Å². The van der Waals surface area contributed by atoms with Crippen molar-refractivity contribution in [3.05, 3.63) is 0 Å². The summed E-state index contributed by atoms with van der Waals surface area (Å²) in [5.74, 6) is -6.30. The van der Waals surface area contributed by atoms with E-state index in [1.54, 1.807) is 0 Å². The summed E-state index contributed by atoms with van der Waals surface area (Å²) in [4.78, 5) is 10.1. The van der Waals surface area contributed by atoms with E-state index >= 15 is 0 Å². The highest BCUT2D eigenvalue weighted by Crippen LogP contribution is 2.28. The molecule has 0 aromatic carbocycles. The molecular formula is C8H12F2O3S. The number of ether oxygens (including phenoxy) is 1. The number of rotatable bonds is 4. The quantitative estimate of drug-likeness (QED) is 0.791. The van der Waals surface area contributed by atoms with Crippen LogP contribution in [-0.4, -0.2) is 41.2 Å². The van der Waals surface area contributed by atoms with E-state index in [4.69, 9.17) is 9.84 Å². The van der Waals surface area contributed by atoms with Crippen LogP contribution in [-0.2, 0) is 9.53 Å². The minimum absolute atomic E-state index is 0.106. The number of hydrogen-bond acceptors (Lipinski definition) is 3. The molecule has 1 rings (SSSR count). The molecule has 1 saturated heterocycles. The fourth-order valence-electron chi connectivity index (χ4n) is 1.13. The summed E-state index contributed by atoms with van der Waals surface area (Å²) in [5, 5.41) is 8.29. The van der Waals surface area contributed by atoms with Gasteiger partial charge < -0.3 is 9.84 Å². The van der Waals surface area contributed by atoms with Gasteiger partial charge in [-0.3, -0.25) is 0 Å². The predicted molar refractivity (Wildman–Crippen MR) is 48.9 cm³/mol. The lowest BCUT2D eigenvalue weighted by Crippen LogP contribution is -2.32. The van der Waals surface area contributed by atoms with Gasteiger partial charge >= 0.3 is 11.9 Å². The molecule has 82 valence electrons. The maximum atomic E-state index is 12.6. The predicted octanol–water partition coefficient (Wildman–Crippen LogP) is 1.62. The van der Waals surface area contributed by atoms with Crippen molar-refractivity contribution in [1.82, 2.24) is 0 Å². The van der Waals surface area contributed by atoms with Crippen LogP contribution in [0.3, 0.4) is 0 Å². The highest BCUT2D eigenvalue weighted by molar-refractivity contribution is 8.00. The van der Waals surface area contributed by atoms with Crippen LogP contribution >= 0.6 is 11.8 Å². The zero-order valence-corrected chi connectivity index (χ0v) is 8.36. The van der Waals surface area contributed by atoms with E-state index in [0.717, 1.165) is 24.6 Å². The van der Waals surface area contributed by atoms with Crippen molar-refractivity contribution in [2.75, 3.05) is 19.0 Å². The van der Waals surface area contributed by atoms with E-state index in [9.17, 15) is 13.6 Å². The first kappa shape index (κ1) is 11.7. The van der Waals surface area contributed by atoms with Crippen LogP contribution in [0.5, 0.6) is 0 Å². The highest BCUT2D eigenvalue weighted by atomic mass is 32.2. The van der Waals surface area contributed by atoms with Gasteiger partial charge in [0.25, 0.3) is 0 Å². The van der Waals surface area contributed by atoms with Crippen LogP contribution in [0.2, 0.25) is 0 Å². The first-order valence-electron chi connectivity index (χ1n) is 4.33. The second-order valence-corrected chi connectivity index (χ2v) is 4.42. The molecule has 0 amide bonds. The Morgan fingerprint density at radius 2 is 2.07 bits per heavy atom. The second kappa shape index (κ2) is 4.93. The molecule has 0 radical (unpaired) electrons. The standard InChI is InChI=1S/C8H12F2O3S/c9-8(10,7(11)12)5-14-6-1-3-13-4-2-6/h6H,1-5H2,(H,11,12). The Bertz CT molecular complexity index is 205. The lowest BCUT2D eigenvalue weighted by molar-refractivity contribution is -0.161. The third-order valence-corrected chi connectivity index (χ3v) is 3.45. The van der Waals surface area contributed by atoms with Gasteiger partial charge in [-0.15, -0.1) is 0 Å². The lowest BCUT2D eigenvalue weighted by Gasteiger charge is -2.22. The Morgan fingerprint density at radius 3 is 2.57 bits per heavy atom. The molecule has 1 aliphatic heterocycles. The number of halogens is 2. The first-order valence-corrected chi connectivity index (χ1v) is 5.38. The Kier molecular flexibility index (Phi) is 4.12. The SMILES string of the molecule is O=C(O)C(F)(F)CSC1CCOCC1. The van der Waals surface area contributed by atoms with Crippen LogP contribution in [0.4, 0.5) is 8.78 Å². The molecule has 0 saturated carbocycles. The van der Waals surface area contributed by atoms with Gasteiger partial charge in [0.2, 0.25) is 0 Å². The zero-order chi connectivity index (χ0) is 10.6. The molecule has 0 atom stereocenters. The van der Waals surface area contributed by atoms with E-state index in [2.05, 4.69) is 0 Å². The minimum atomic E-state index is -3.61. The number of carboxylic acids is 1. The number of alkyl halides is 2. The summed E-state index contributed by atoms with van der Waals surface area (Å²) < 4.78 is 30.4. The van der Waals surface area contributed by atoms with Gasteiger partial charge in [0.15, 0.2) is 0 Å². The Labute approximate surface area is 84.8 Å². The van der Waals surface area contributed by atoms with E-state index in [-0.39, 0.29) is 5.25 Å². The van der Waals surface area contributed by atoms with Crippen LogP contribution in [0.15, 0.2) is 0 Å². The van der Waals surface area contributed by atoms with Crippen molar-refractivity contribution in [2.24, 2.45) is 0 Å². The van der Waals surface area contributed by atoms with Crippen molar-refractivity contribution in [3.8, 4) is 0 Å². The first-order chi connectivity index (χ1) is 6.52. The van der Waals surface area contributed by atoms with Crippen molar-refractivity contribution >= 4 is 17.7 Å². The minimum Gasteiger partial charge on any atom is -0.477 e. The molecular weight excluding hydrogens is 214 g/mol. The molecule has 1 fully saturated rings. The van der Waals surface area contributed by atoms with Gasteiger partial charge in [0.1, 0.15) is 0 Å². The van der Waals surface area contributed by atoms with Crippen LogP contribution in [0.1, 0.15) is 12.8 Å². The molecule has 0 bridgehead atoms. The normalized spacial score (nSPS) is 19.6. The second-order valence-electron chi connectivity index (χ2n) is 3.13. The van der Waals surface area contributed by atoms with Crippen LogP contribution in [0.25, 0.3) is 0 Å². The molecule has 1 N–H and O–H groups in total. The van der Waals surface area contributed by atoms with Crippen molar-refractivity contribution < 1.29 is 23.4 Å². The summed E-state index contributed by atoms with van der Waals surface area (Å²) in [6, 6.07) is 0. The molecule has 0 aliphatic carbocycles. The lowest BCUT2D eigenvalue weighted by atomic mass is 10.2. The monoisotopic (exact) mass is 226 g/mol. The summed E-state index contributed by atoms with van der Waals surface area (Å²) in [6.45, 7) is 1.16. The molecule has 14 heavy (non-hydrogen) atoms. The highest BCUT2D eigenvalue weighted by Gasteiger charge is 2.39. The Morgan fingerprint density at radius 1 is 1.50 bits per heavy atom. The van der Waals surface area contributed by atoms with Crippen molar-refractivity contribution in [1.29, 1.82) is 0 Å². The van der Waals surface area contributed by atoms with Crippen molar-refractivity contribution in [2.45, 2.75) is 24.0 Å². The summed E-state index contributed by atoms with van der Waals surface area (Å²) in [7, 11) is 0. The summed E-state index contributed by atoms with van der Waals surface area (Å²) >= 11 is 1.02. The number of thioether (sulfide) groups is 1. The smallest absolute Gasteiger partial charge is 0.375 e. The molecule has 1 heterocycles. The average molecular weight is 226 g/mol. The van der Waals surface area contributed by atoms with Gasteiger partial charge in [0.05, 0.1) is 5.75 Å². The Balaban J connectivity index is 2.28. The molecule has 0 aromatic rings. The number of carboxylic acid groups (broad SMARTS) is 1. The van der Waals surface area contributed by atoms with E-state index in [0.29, 0.717) is 13.2 Å². The molecule has 0 spiro atoms. The van der Waals surface area contributed by atoms with Gasteiger partial charge in [-0.25, -0.2) is 4.79 Å². The zero-order valence-electron chi connectivity index (χ0n) is 7.54. The fraction of sp³-hybridized carbons (Fsp3) is 0.875. The van der Waals surface area contributed by atoms with Gasteiger partial charge in [0, 0.05) is 18.5 Å². The fourth-order valence-corrected chi connectivity index (χ4v) is 2.22. The van der Waals surface area contributed by atoms with Crippen LogP contribution < -0.4 is 0 Å². The van der Waals surface area contributed by atoms with E-state index < -0.39 is 17.6 Å². The van der Waals surface area contributed by atoms with E-state index in [1.807, 2.05) is 0 Å². The van der Waals surface area contributed by atoms with Crippen molar-refractivity contribution in [3.63, 3.8) is 0 Å². The number of hydrogen-bond donors (Lipinski definition) is 1. The Hall–Kier alpha value is -0.360. The van der Waals surface area contributed by atoms with Gasteiger partial charge in [-0.2, -0.15) is 20.5 Å². The maximum absolute atomic E-state index is 12.6. The molecule has 0 aromatic heterocycles. The number of aliphatic carboxylic acids is 1. The maximum Gasteiger partial charge on any atom is 0.375 e. The van der Waals surface area contributed by atoms with Gasteiger partial charge in [-0.05, 0) is 12.8 Å². The third kappa shape index (κ3) is 3.42.